The molecule has 2 aromatic carbocycles. The lowest BCUT2D eigenvalue weighted by Crippen LogP contribution is -2.35. The lowest BCUT2D eigenvalue weighted by molar-refractivity contribution is -0.114. The Bertz CT molecular complexity index is 1370. The van der Waals surface area contributed by atoms with Gasteiger partial charge in [0.15, 0.2) is 0 Å². The summed E-state index contributed by atoms with van der Waals surface area (Å²) in [4.78, 5) is 32.1. The van der Waals surface area contributed by atoms with E-state index in [4.69, 9.17) is 4.74 Å². The number of rotatable bonds is 3. The second-order valence-electron chi connectivity index (χ2n) is 6.94. The first-order valence-electron chi connectivity index (χ1n) is 9.42. The van der Waals surface area contributed by atoms with Gasteiger partial charge in [-0.15, -0.1) is 11.3 Å². The normalized spacial score (nSPS) is 12.8. The maximum atomic E-state index is 13.2. The summed E-state index contributed by atoms with van der Waals surface area (Å²) in [6, 6.07) is 17.2. The van der Waals surface area contributed by atoms with Crippen LogP contribution >= 0.6 is 11.3 Å². The van der Waals surface area contributed by atoms with Gasteiger partial charge in [0, 0.05) is 16.0 Å². The molecule has 0 radical (unpaired) electrons. The Labute approximate surface area is 176 Å². The molecule has 148 valence electrons. The fourth-order valence-electron chi connectivity index (χ4n) is 3.56. The Morgan fingerprint density at radius 2 is 1.90 bits per heavy atom. The van der Waals surface area contributed by atoms with E-state index in [1.54, 1.807) is 6.08 Å². The fraction of sp³-hybridized carbons (Fsp3) is 0.0870. The predicted molar refractivity (Wildman–Crippen MR) is 118 cm³/mol. The molecule has 3 heterocycles. The molecule has 1 aliphatic rings. The summed E-state index contributed by atoms with van der Waals surface area (Å²) in [5.74, 6) is 0.330. The Morgan fingerprint density at radius 1 is 1.13 bits per heavy atom. The molecule has 4 aromatic rings. The second kappa shape index (κ2) is 7.27. The lowest BCUT2D eigenvalue weighted by atomic mass is 10.0. The van der Waals surface area contributed by atoms with Crippen molar-refractivity contribution < 1.29 is 9.53 Å². The minimum atomic E-state index is -0.402. The number of hydrogen-bond donors (Lipinski definition) is 1. The van der Waals surface area contributed by atoms with Crippen LogP contribution in [0.4, 0.5) is 0 Å². The quantitative estimate of drug-likeness (QED) is 0.549. The highest BCUT2D eigenvalue weighted by atomic mass is 32.1. The first-order valence-corrected chi connectivity index (χ1v) is 10.2. The fourth-order valence-corrected chi connectivity index (χ4v) is 4.57. The maximum Gasteiger partial charge on any atom is 0.281 e. The molecule has 1 amide bonds. The van der Waals surface area contributed by atoms with Gasteiger partial charge in [0.05, 0.1) is 11.0 Å². The third-order valence-corrected chi connectivity index (χ3v) is 6.01. The number of thiophene rings is 1. The molecule has 6 nitrogen and oxygen atoms in total. The zero-order valence-electron chi connectivity index (χ0n) is 16.1. The van der Waals surface area contributed by atoms with Crippen LogP contribution in [0.15, 0.2) is 71.3 Å². The lowest BCUT2D eigenvalue weighted by Gasteiger charge is -2.17. The molecule has 0 spiro atoms. The molecule has 1 N–H and O–H groups in total. The Kier molecular flexibility index (Phi) is 4.44. The van der Waals surface area contributed by atoms with Crippen LogP contribution in [0.25, 0.3) is 27.4 Å². The average Bonchev–Trinajstić information content (AvgIpc) is 3.12. The van der Waals surface area contributed by atoms with Gasteiger partial charge >= 0.3 is 0 Å². The van der Waals surface area contributed by atoms with E-state index in [0.717, 1.165) is 32.0 Å². The SMILES string of the molecule is Cc1sc2ncn(NC(=O)C3=Cc4ccccc4OC3)c(=O)c2c1-c1ccccc1. The minimum absolute atomic E-state index is 0.139. The van der Waals surface area contributed by atoms with Crippen molar-refractivity contribution in [2.24, 2.45) is 0 Å². The number of aromatic nitrogens is 2. The summed E-state index contributed by atoms with van der Waals surface area (Å²) < 4.78 is 6.79. The van der Waals surface area contributed by atoms with E-state index >= 15 is 0 Å². The zero-order chi connectivity index (χ0) is 20.7. The van der Waals surface area contributed by atoms with Crippen molar-refractivity contribution in [3.8, 4) is 16.9 Å². The summed E-state index contributed by atoms with van der Waals surface area (Å²) in [6.45, 7) is 2.11. The molecule has 0 unspecified atom stereocenters. The van der Waals surface area contributed by atoms with E-state index in [-0.39, 0.29) is 12.2 Å². The maximum absolute atomic E-state index is 13.2. The third kappa shape index (κ3) is 3.09. The first-order chi connectivity index (χ1) is 14.6. The number of benzene rings is 2. The highest BCUT2D eigenvalue weighted by Crippen LogP contribution is 2.35. The molecule has 30 heavy (non-hydrogen) atoms. The van der Waals surface area contributed by atoms with Gasteiger partial charge in [0.2, 0.25) is 0 Å². The van der Waals surface area contributed by atoms with Crippen molar-refractivity contribution in [3.05, 3.63) is 87.3 Å². The molecular formula is C23H17N3O3S. The molecule has 0 bridgehead atoms. The number of carbonyl (C=O) groups excluding carboxylic acids is 1. The molecular weight excluding hydrogens is 398 g/mol. The molecule has 2 aromatic heterocycles. The number of carbonyl (C=O) groups is 1. The smallest absolute Gasteiger partial charge is 0.281 e. The van der Waals surface area contributed by atoms with Crippen LogP contribution in [0.5, 0.6) is 5.75 Å². The van der Waals surface area contributed by atoms with Gasteiger partial charge in [-0.3, -0.25) is 15.0 Å². The van der Waals surface area contributed by atoms with Gasteiger partial charge in [0.25, 0.3) is 11.5 Å². The first kappa shape index (κ1) is 18.3. The standard InChI is InChI=1S/C23H17N3O3S/c1-14-19(15-7-3-2-4-8-15)20-22(30-14)24-13-26(23(20)28)25-21(27)17-11-16-9-5-6-10-18(16)29-12-17/h2-11,13H,12H2,1H3,(H,25,27). The van der Waals surface area contributed by atoms with E-state index in [9.17, 15) is 9.59 Å². The second-order valence-corrected chi connectivity index (χ2v) is 8.14. The van der Waals surface area contributed by atoms with Gasteiger partial charge in [-0.1, -0.05) is 48.5 Å². The van der Waals surface area contributed by atoms with Crippen molar-refractivity contribution in [2.75, 3.05) is 12.0 Å². The van der Waals surface area contributed by atoms with Crippen LogP contribution in [-0.4, -0.2) is 22.2 Å². The van der Waals surface area contributed by atoms with E-state index < -0.39 is 5.91 Å². The van der Waals surface area contributed by atoms with Crippen molar-refractivity contribution in [2.45, 2.75) is 6.92 Å². The summed E-state index contributed by atoms with van der Waals surface area (Å²) in [7, 11) is 0. The van der Waals surface area contributed by atoms with Crippen LogP contribution in [0.1, 0.15) is 10.4 Å². The summed E-state index contributed by atoms with van der Waals surface area (Å²) >= 11 is 1.47. The summed E-state index contributed by atoms with van der Waals surface area (Å²) in [6.07, 6.45) is 3.13. The number of nitrogens with zero attached hydrogens (tertiary/aromatic N) is 2. The largest absolute Gasteiger partial charge is 0.488 e. The number of aryl methyl sites for hydroxylation is 1. The number of amides is 1. The van der Waals surface area contributed by atoms with Crippen molar-refractivity contribution in [1.29, 1.82) is 0 Å². The molecule has 0 fully saturated rings. The van der Waals surface area contributed by atoms with Crippen LogP contribution in [0.2, 0.25) is 0 Å². The monoisotopic (exact) mass is 415 g/mol. The van der Waals surface area contributed by atoms with Crippen molar-refractivity contribution in [1.82, 2.24) is 9.66 Å². The Balaban J connectivity index is 1.53. The minimum Gasteiger partial charge on any atom is -0.488 e. The third-order valence-electron chi connectivity index (χ3n) is 5.00. The molecule has 0 aliphatic carbocycles. The highest BCUT2D eigenvalue weighted by molar-refractivity contribution is 7.19. The van der Waals surface area contributed by atoms with Gasteiger partial charge in [-0.05, 0) is 24.6 Å². The van der Waals surface area contributed by atoms with E-state index in [1.807, 2.05) is 61.5 Å². The predicted octanol–water partition coefficient (Wildman–Crippen LogP) is 3.98. The van der Waals surface area contributed by atoms with Crippen molar-refractivity contribution in [3.63, 3.8) is 0 Å². The molecule has 0 saturated carbocycles. The molecule has 1 aliphatic heterocycles. The summed E-state index contributed by atoms with van der Waals surface area (Å²) in [5, 5.41) is 0.505. The summed E-state index contributed by atoms with van der Waals surface area (Å²) in [5.41, 5.74) is 5.40. The van der Waals surface area contributed by atoms with Crippen LogP contribution in [0, 0.1) is 6.92 Å². The van der Waals surface area contributed by atoms with Gasteiger partial charge < -0.3 is 4.74 Å². The number of hydrogen-bond acceptors (Lipinski definition) is 5. The van der Waals surface area contributed by atoms with Gasteiger partial charge in [-0.2, -0.15) is 0 Å². The number of ether oxygens (including phenoxy) is 1. The topological polar surface area (TPSA) is 73.2 Å². The number of fused-ring (bicyclic) bond motifs is 2. The van der Waals surface area contributed by atoms with Gasteiger partial charge in [0.1, 0.15) is 23.5 Å². The van der Waals surface area contributed by atoms with Crippen LogP contribution in [-0.2, 0) is 4.79 Å². The zero-order valence-corrected chi connectivity index (χ0v) is 16.9. The van der Waals surface area contributed by atoms with Crippen LogP contribution < -0.4 is 15.7 Å². The number of para-hydroxylation sites is 1. The molecule has 7 heteroatoms. The van der Waals surface area contributed by atoms with Crippen molar-refractivity contribution >= 4 is 33.5 Å². The highest BCUT2D eigenvalue weighted by Gasteiger charge is 2.20. The number of nitrogens with one attached hydrogen (secondary N) is 1. The average molecular weight is 415 g/mol. The van der Waals surface area contributed by atoms with E-state index in [0.29, 0.717) is 15.8 Å². The van der Waals surface area contributed by atoms with Gasteiger partial charge in [-0.25, -0.2) is 9.66 Å². The molecule has 0 saturated heterocycles. The molecule has 5 rings (SSSR count). The van der Waals surface area contributed by atoms with Crippen LogP contribution in [0.3, 0.4) is 0 Å². The molecule has 0 atom stereocenters. The Hall–Kier alpha value is -3.71. The Morgan fingerprint density at radius 3 is 2.73 bits per heavy atom. The van der Waals surface area contributed by atoms with E-state index in [2.05, 4.69) is 10.4 Å². The van der Waals surface area contributed by atoms with E-state index in [1.165, 1.54) is 17.7 Å².